The van der Waals surface area contributed by atoms with Crippen molar-refractivity contribution in [1.82, 2.24) is 9.97 Å². The van der Waals surface area contributed by atoms with Gasteiger partial charge in [0.05, 0.1) is 22.4 Å². The van der Waals surface area contributed by atoms with Gasteiger partial charge in [-0.1, -0.05) is 71.8 Å². The molecule has 3 aromatic carbocycles. The summed E-state index contributed by atoms with van der Waals surface area (Å²) in [6.45, 7) is 0. The van der Waals surface area contributed by atoms with E-state index in [1.165, 1.54) is 0 Å². The van der Waals surface area contributed by atoms with Crippen molar-refractivity contribution in [3.05, 3.63) is 105 Å². The maximum absolute atomic E-state index is 5.96. The quantitative estimate of drug-likeness (QED) is 0.358. The zero-order chi connectivity index (χ0) is 19.3. The molecular formula is C24H16Cl2N2. The fourth-order valence-corrected chi connectivity index (χ4v) is 3.02. The van der Waals surface area contributed by atoms with Crippen LogP contribution in [0, 0.1) is 0 Å². The lowest BCUT2D eigenvalue weighted by Gasteiger charge is -2.04. The third-order valence-corrected chi connectivity index (χ3v) is 4.74. The first-order chi connectivity index (χ1) is 13.7. The van der Waals surface area contributed by atoms with Gasteiger partial charge in [0.2, 0.25) is 0 Å². The molecular weight excluding hydrogens is 387 g/mol. The number of para-hydroxylation sites is 2. The van der Waals surface area contributed by atoms with Crippen LogP contribution in [-0.2, 0) is 0 Å². The molecule has 0 unspecified atom stereocenters. The highest BCUT2D eigenvalue weighted by molar-refractivity contribution is 6.30. The summed E-state index contributed by atoms with van der Waals surface area (Å²) in [7, 11) is 0. The molecule has 0 spiro atoms. The molecule has 0 aliphatic rings. The number of hydrogen-bond donors (Lipinski definition) is 0. The SMILES string of the molecule is Clc1ccc(C=Cc2nc3ccccc3nc2C=Cc2ccc(Cl)cc2)cc1. The monoisotopic (exact) mass is 402 g/mol. The van der Waals surface area contributed by atoms with Gasteiger partial charge in [0.15, 0.2) is 0 Å². The number of fused-ring (bicyclic) bond motifs is 1. The van der Waals surface area contributed by atoms with Crippen LogP contribution in [0.4, 0.5) is 0 Å². The number of benzene rings is 3. The highest BCUT2D eigenvalue weighted by Crippen LogP contribution is 2.19. The third kappa shape index (κ3) is 4.48. The van der Waals surface area contributed by atoms with E-state index in [2.05, 4.69) is 0 Å². The zero-order valence-corrected chi connectivity index (χ0v) is 16.4. The lowest BCUT2D eigenvalue weighted by molar-refractivity contribution is 1.24. The van der Waals surface area contributed by atoms with Crippen molar-refractivity contribution in [2.24, 2.45) is 0 Å². The average molecular weight is 403 g/mol. The van der Waals surface area contributed by atoms with Gasteiger partial charge >= 0.3 is 0 Å². The zero-order valence-electron chi connectivity index (χ0n) is 14.9. The van der Waals surface area contributed by atoms with E-state index in [-0.39, 0.29) is 0 Å². The molecule has 2 nitrogen and oxygen atoms in total. The molecule has 0 saturated carbocycles. The number of halogens is 2. The van der Waals surface area contributed by atoms with Gasteiger partial charge in [-0.15, -0.1) is 0 Å². The molecule has 0 radical (unpaired) electrons. The number of aromatic nitrogens is 2. The average Bonchev–Trinajstić information content (AvgIpc) is 2.72. The summed E-state index contributed by atoms with van der Waals surface area (Å²) in [6.07, 6.45) is 7.97. The molecule has 4 rings (SSSR count). The lowest BCUT2D eigenvalue weighted by Crippen LogP contribution is -1.93. The molecule has 0 aliphatic carbocycles. The van der Waals surface area contributed by atoms with Crippen LogP contribution in [0.2, 0.25) is 10.0 Å². The van der Waals surface area contributed by atoms with Crippen LogP contribution >= 0.6 is 23.2 Å². The maximum Gasteiger partial charge on any atom is 0.0894 e. The van der Waals surface area contributed by atoms with Gasteiger partial charge in [0, 0.05) is 10.0 Å². The number of hydrogen-bond acceptors (Lipinski definition) is 2. The van der Waals surface area contributed by atoms with Gasteiger partial charge in [-0.2, -0.15) is 0 Å². The van der Waals surface area contributed by atoms with Crippen molar-refractivity contribution in [3.8, 4) is 0 Å². The minimum Gasteiger partial charge on any atom is -0.245 e. The first-order valence-corrected chi connectivity index (χ1v) is 9.57. The molecule has 1 heterocycles. The third-order valence-electron chi connectivity index (χ3n) is 4.23. The van der Waals surface area contributed by atoms with E-state index in [9.17, 15) is 0 Å². The molecule has 136 valence electrons. The fraction of sp³-hybridized carbons (Fsp3) is 0. The van der Waals surface area contributed by atoms with E-state index in [0.717, 1.165) is 33.5 Å². The van der Waals surface area contributed by atoms with Crippen LogP contribution < -0.4 is 0 Å². The molecule has 0 N–H and O–H groups in total. The second-order valence-corrected chi connectivity index (χ2v) is 7.13. The summed E-state index contributed by atoms with van der Waals surface area (Å²) in [5.41, 5.74) is 5.43. The Bertz CT molecular complexity index is 1070. The van der Waals surface area contributed by atoms with Crippen LogP contribution in [0.25, 0.3) is 35.3 Å². The maximum atomic E-state index is 5.96. The number of nitrogens with zero attached hydrogens (tertiary/aromatic N) is 2. The summed E-state index contributed by atoms with van der Waals surface area (Å²) in [5, 5.41) is 1.43. The first-order valence-electron chi connectivity index (χ1n) is 8.81. The molecule has 0 saturated heterocycles. The fourth-order valence-electron chi connectivity index (χ4n) is 2.77. The Morgan fingerprint density at radius 3 is 1.29 bits per heavy atom. The van der Waals surface area contributed by atoms with Gasteiger partial charge in [0.25, 0.3) is 0 Å². The van der Waals surface area contributed by atoms with Crippen molar-refractivity contribution >= 4 is 58.5 Å². The van der Waals surface area contributed by atoms with E-state index in [1.807, 2.05) is 97.1 Å². The van der Waals surface area contributed by atoms with Crippen LogP contribution in [0.5, 0.6) is 0 Å². The van der Waals surface area contributed by atoms with E-state index in [1.54, 1.807) is 0 Å². The van der Waals surface area contributed by atoms with E-state index >= 15 is 0 Å². The minimum atomic E-state index is 0.717. The van der Waals surface area contributed by atoms with Gasteiger partial charge in [0.1, 0.15) is 0 Å². The summed E-state index contributed by atoms with van der Waals surface area (Å²) in [6, 6.07) is 23.2. The van der Waals surface area contributed by atoms with Crippen LogP contribution in [0.15, 0.2) is 72.8 Å². The van der Waals surface area contributed by atoms with E-state index in [0.29, 0.717) is 10.0 Å². The molecule has 0 aliphatic heterocycles. The van der Waals surface area contributed by atoms with Gasteiger partial charge in [-0.05, 0) is 59.7 Å². The summed E-state index contributed by atoms with van der Waals surface area (Å²) < 4.78 is 0. The molecule has 1 aromatic heterocycles. The highest BCUT2D eigenvalue weighted by atomic mass is 35.5. The summed E-state index contributed by atoms with van der Waals surface area (Å²) >= 11 is 11.9. The first kappa shape index (κ1) is 18.4. The predicted octanol–water partition coefficient (Wildman–Crippen LogP) is 7.28. The Kier molecular flexibility index (Phi) is 5.52. The Morgan fingerprint density at radius 1 is 0.500 bits per heavy atom. The molecule has 0 bridgehead atoms. The van der Waals surface area contributed by atoms with Crippen LogP contribution in [0.3, 0.4) is 0 Å². The highest BCUT2D eigenvalue weighted by Gasteiger charge is 2.04. The standard InChI is InChI=1S/C24H16Cl2N2/c25-19-11-5-17(6-12-19)9-15-23-24(16-10-18-7-13-20(26)14-8-18)28-22-4-2-1-3-21(22)27-23/h1-16H. The Hall–Kier alpha value is -2.94. The van der Waals surface area contributed by atoms with Gasteiger partial charge in [-0.25, -0.2) is 9.97 Å². The van der Waals surface area contributed by atoms with Crippen molar-refractivity contribution < 1.29 is 0 Å². The molecule has 0 amide bonds. The molecule has 28 heavy (non-hydrogen) atoms. The van der Waals surface area contributed by atoms with Crippen LogP contribution in [0.1, 0.15) is 22.5 Å². The minimum absolute atomic E-state index is 0.717. The summed E-state index contributed by atoms with van der Waals surface area (Å²) in [5.74, 6) is 0. The van der Waals surface area contributed by atoms with E-state index < -0.39 is 0 Å². The molecule has 0 atom stereocenters. The molecule has 4 aromatic rings. The Labute approximate surface area is 173 Å². The van der Waals surface area contributed by atoms with Crippen molar-refractivity contribution in [2.75, 3.05) is 0 Å². The second kappa shape index (κ2) is 8.39. The summed E-state index contributed by atoms with van der Waals surface area (Å²) in [4.78, 5) is 9.57. The number of rotatable bonds is 4. The molecule has 4 heteroatoms. The van der Waals surface area contributed by atoms with Crippen molar-refractivity contribution in [1.29, 1.82) is 0 Å². The lowest BCUT2D eigenvalue weighted by atomic mass is 10.1. The smallest absolute Gasteiger partial charge is 0.0894 e. The van der Waals surface area contributed by atoms with E-state index in [4.69, 9.17) is 33.2 Å². The van der Waals surface area contributed by atoms with Gasteiger partial charge in [-0.3, -0.25) is 0 Å². The molecule has 0 fully saturated rings. The Balaban J connectivity index is 1.73. The van der Waals surface area contributed by atoms with Crippen LogP contribution in [-0.4, -0.2) is 9.97 Å². The van der Waals surface area contributed by atoms with Crippen molar-refractivity contribution in [3.63, 3.8) is 0 Å². The topological polar surface area (TPSA) is 25.8 Å². The predicted molar refractivity (Wildman–Crippen MR) is 120 cm³/mol. The largest absolute Gasteiger partial charge is 0.245 e. The van der Waals surface area contributed by atoms with Crippen molar-refractivity contribution in [2.45, 2.75) is 0 Å². The Morgan fingerprint density at radius 2 is 0.893 bits per heavy atom. The normalized spacial score (nSPS) is 11.6. The second-order valence-electron chi connectivity index (χ2n) is 6.25. The van der Waals surface area contributed by atoms with Gasteiger partial charge < -0.3 is 0 Å².